The summed E-state index contributed by atoms with van der Waals surface area (Å²) in [5.74, 6) is -0.531. The molecule has 0 heterocycles. The van der Waals surface area contributed by atoms with Crippen molar-refractivity contribution in [2.24, 2.45) is 0 Å². The summed E-state index contributed by atoms with van der Waals surface area (Å²) in [5.41, 5.74) is 19.5. The molecule has 1 aliphatic carbocycles. The fourth-order valence-electron chi connectivity index (χ4n) is 4.22. The van der Waals surface area contributed by atoms with Gasteiger partial charge in [0.05, 0.1) is 11.4 Å². The predicted octanol–water partition coefficient (Wildman–Crippen LogP) is 5.48. The van der Waals surface area contributed by atoms with Crippen molar-refractivity contribution < 1.29 is 9.59 Å². The first-order chi connectivity index (χ1) is 18.4. The number of hydrogen-bond acceptors (Lipinski definition) is 6. The highest BCUT2D eigenvalue weighted by Gasteiger charge is 2.20. The van der Waals surface area contributed by atoms with Gasteiger partial charge < -0.3 is 22.1 Å². The van der Waals surface area contributed by atoms with Crippen LogP contribution in [0.1, 0.15) is 22.3 Å². The van der Waals surface area contributed by atoms with Crippen LogP contribution in [0.3, 0.4) is 0 Å². The minimum atomic E-state index is -0.266. The summed E-state index contributed by atoms with van der Waals surface area (Å²) >= 11 is 0. The Morgan fingerprint density at radius 2 is 0.737 bits per heavy atom. The predicted molar refractivity (Wildman–Crippen MR) is 154 cm³/mol. The van der Waals surface area contributed by atoms with Crippen molar-refractivity contribution in [2.75, 3.05) is 22.1 Å². The number of carbonyl (C=O) groups excluding carboxylic acids is 2. The molecule has 0 unspecified atom stereocenters. The molecule has 0 saturated carbocycles. The summed E-state index contributed by atoms with van der Waals surface area (Å²) in [5, 5.41) is 6.14. The molecule has 0 aliphatic heterocycles. The van der Waals surface area contributed by atoms with E-state index in [0.717, 1.165) is 57.8 Å². The average Bonchev–Trinajstić information content (AvgIpc) is 2.92. The number of benzene rings is 4. The third-order valence-electron chi connectivity index (χ3n) is 6.32. The Labute approximate surface area is 221 Å². The smallest absolute Gasteiger partial charge is 0.204 e. The van der Waals surface area contributed by atoms with Gasteiger partial charge >= 0.3 is 0 Å². The lowest BCUT2D eigenvalue weighted by Crippen LogP contribution is -2.21. The maximum atomic E-state index is 12.7. The van der Waals surface area contributed by atoms with Crippen LogP contribution in [0.5, 0.6) is 0 Å². The highest BCUT2D eigenvalue weighted by Crippen LogP contribution is 2.21. The van der Waals surface area contributed by atoms with E-state index < -0.39 is 0 Å². The first kappa shape index (κ1) is 24.6. The van der Waals surface area contributed by atoms with Crippen molar-refractivity contribution in [3.8, 4) is 0 Å². The lowest BCUT2D eigenvalue weighted by molar-refractivity contribution is -0.115. The number of nitrogen functional groups attached to an aromatic ring is 2. The molecule has 6 heteroatoms. The highest BCUT2D eigenvalue weighted by molar-refractivity contribution is 6.21. The van der Waals surface area contributed by atoms with Gasteiger partial charge in [-0.3, -0.25) is 9.59 Å². The molecular formula is C32H28N4O2. The van der Waals surface area contributed by atoms with Crippen LogP contribution in [0.25, 0.3) is 0 Å². The van der Waals surface area contributed by atoms with Crippen molar-refractivity contribution in [3.05, 3.63) is 143 Å². The Kier molecular flexibility index (Phi) is 7.04. The van der Waals surface area contributed by atoms with Crippen molar-refractivity contribution >= 4 is 34.3 Å². The van der Waals surface area contributed by atoms with Gasteiger partial charge in [0.2, 0.25) is 11.6 Å². The SMILES string of the molecule is Nc1ccc(Cc2ccc(NC3=CC(=O)C(Nc4ccc(Cc5ccc(N)cc5)cc4)=CC3=O)cc2)cc1. The zero-order valence-electron chi connectivity index (χ0n) is 20.8. The maximum Gasteiger partial charge on any atom is 0.204 e. The molecule has 0 radical (unpaired) electrons. The summed E-state index contributed by atoms with van der Waals surface area (Å²) in [6, 6.07) is 31.1. The van der Waals surface area contributed by atoms with Crippen LogP contribution in [0.15, 0.2) is 121 Å². The Bertz CT molecular complexity index is 1400. The number of ketones is 2. The number of nitrogens with one attached hydrogen (secondary N) is 2. The van der Waals surface area contributed by atoms with E-state index in [-0.39, 0.29) is 23.0 Å². The minimum Gasteiger partial charge on any atom is -0.399 e. The molecule has 4 aromatic carbocycles. The standard InChI is InChI=1S/C32H28N4O2/c33-25-9-1-21(2-10-25)17-23-5-13-27(14-6-23)35-29-19-32(38)30(20-31(29)37)36-28-15-7-24(8-16-28)18-22-3-11-26(34)12-4-22/h1-16,19-20,35-36H,17-18,33-34H2. The molecule has 0 bridgehead atoms. The van der Waals surface area contributed by atoms with Crippen molar-refractivity contribution in [2.45, 2.75) is 12.8 Å². The second-order valence-corrected chi connectivity index (χ2v) is 9.33. The molecule has 5 rings (SSSR count). The number of hydrogen-bond donors (Lipinski definition) is 4. The van der Waals surface area contributed by atoms with Gasteiger partial charge in [0, 0.05) is 34.9 Å². The van der Waals surface area contributed by atoms with E-state index >= 15 is 0 Å². The van der Waals surface area contributed by atoms with Gasteiger partial charge in [0.15, 0.2) is 0 Å². The van der Waals surface area contributed by atoms with Gasteiger partial charge in [-0.05, 0) is 83.6 Å². The van der Waals surface area contributed by atoms with E-state index in [1.165, 1.54) is 12.2 Å². The van der Waals surface area contributed by atoms with E-state index in [9.17, 15) is 9.59 Å². The van der Waals surface area contributed by atoms with Gasteiger partial charge in [-0.25, -0.2) is 0 Å². The van der Waals surface area contributed by atoms with Crippen LogP contribution in [0.4, 0.5) is 22.7 Å². The number of anilines is 4. The third-order valence-corrected chi connectivity index (χ3v) is 6.32. The Balaban J connectivity index is 1.18. The zero-order valence-corrected chi connectivity index (χ0v) is 20.8. The summed E-state index contributed by atoms with van der Waals surface area (Å²) in [4.78, 5) is 25.5. The van der Waals surface area contributed by atoms with E-state index in [0.29, 0.717) is 0 Å². The van der Waals surface area contributed by atoms with E-state index in [1.807, 2.05) is 97.1 Å². The summed E-state index contributed by atoms with van der Waals surface area (Å²) in [6.45, 7) is 0. The third kappa shape index (κ3) is 6.17. The molecule has 188 valence electrons. The normalized spacial score (nSPS) is 13.1. The summed E-state index contributed by atoms with van der Waals surface area (Å²) in [6.07, 6.45) is 4.23. The number of rotatable bonds is 8. The van der Waals surface area contributed by atoms with Crippen LogP contribution in [-0.2, 0) is 22.4 Å². The Morgan fingerprint density at radius 1 is 0.447 bits per heavy atom. The number of allylic oxidation sites excluding steroid dienone is 2. The molecule has 4 aromatic rings. The minimum absolute atomic E-state index is 0.241. The largest absolute Gasteiger partial charge is 0.399 e. The molecular weight excluding hydrogens is 472 g/mol. The number of nitrogens with two attached hydrogens (primary N) is 2. The molecule has 6 nitrogen and oxygen atoms in total. The molecule has 0 saturated heterocycles. The van der Waals surface area contributed by atoms with E-state index in [4.69, 9.17) is 11.5 Å². The molecule has 0 amide bonds. The Hall–Kier alpha value is -5.10. The van der Waals surface area contributed by atoms with Crippen LogP contribution in [-0.4, -0.2) is 11.6 Å². The highest BCUT2D eigenvalue weighted by atomic mass is 16.1. The van der Waals surface area contributed by atoms with Gasteiger partial charge in [-0.1, -0.05) is 48.5 Å². The fraction of sp³-hybridized carbons (Fsp3) is 0.0625. The first-order valence-electron chi connectivity index (χ1n) is 12.3. The van der Waals surface area contributed by atoms with Crippen molar-refractivity contribution in [1.29, 1.82) is 0 Å². The second kappa shape index (κ2) is 10.9. The first-order valence-corrected chi connectivity index (χ1v) is 12.3. The fourth-order valence-corrected chi connectivity index (χ4v) is 4.22. The molecule has 0 spiro atoms. The molecule has 0 fully saturated rings. The van der Waals surface area contributed by atoms with Gasteiger partial charge in [0.1, 0.15) is 0 Å². The van der Waals surface area contributed by atoms with Gasteiger partial charge in [-0.15, -0.1) is 0 Å². The van der Waals surface area contributed by atoms with Crippen molar-refractivity contribution in [3.63, 3.8) is 0 Å². The topological polar surface area (TPSA) is 110 Å². The monoisotopic (exact) mass is 500 g/mol. The van der Waals surface area contributed by atoms with Gasteiger partial charge in [0.25, 0.3) is 0 Å². The summed E-state index contributed by atoms with van der Waals surface area (Å²) in [7, 11) is 0. The zero-order chi connectivity index (χ0) is 26.5. The van der Waals surface area contributed by atoms with E-state index in [1.54, 1.807) is 0 Å². The van der Waals surface area contributed by atoms with Crippen molar-refractivity contribution in [1.82, 2.24) is 0 Å². The molecule has 38 heavy (non-hydrogen) atoms. The van der Waals surface area contributed by atoms with Crippen LogP contribution in [0, 0.1) is 0 Å². The molecule has 1 aliphatic rings. The average molecular weight is 501 g/mol. The lowest BCUT2D eigenvalue weighted by atomic mass is 10.0. The van der Waals surface area contributed by atoms with Gasteiger partial charge in [-0.2, -0.15) is 0 Å². The molecule has 6 N–H and O–H groups in total. The van der Waals surface area contributed by atoms with Crippen LogP contribution >= 0.6 is 0 Å². The Morgan fingerprint density at radius 3 is 1.05 bits per heavy atom. The van der Waals surface area contributed by atoms with E-state index in [2.05, 4.69) is 10.6 Å². The second-order valence-electron chi connectivity index (χ2n) is 9.33. The quantitative estimate of drug-likeness (QED) is 0.188. The lowest BCUT2D eigenvalue weighted by Gasteiger charge is -2.16. The molecule has 0 atom stereocenters. The van der Waals surface area contributed by atoms with Crippen LogP contribution in [0.2, 0.25) is 0 Å². The molecule has 0 aromatic heterocycles. The summed E-state index contributed by atoms with van der Waals surface area (Å²) < 4.78 is 0. The maximum absolute atomic E-state index is 12.7. The van der Waals surface area contributed by atoms with Crippen LogP contribution < -0.4 is 22.1 Å². The number of carbonyl (C=O) groups is 2.